The topological polar surface area (TPSA) is 81.2 Å². The third-order valence-corrected chi connectivity index (χ3v) is 6.08. The van der Waals surface area contributed by atoms with Gasteiger partial charge in [-0.25, -0.2) is 13.4 Å². The van der Waals surface area contributed by atoms with Crippen LogP contribution in [0.1, 0.15) is 44.3 Å². The quantitative estimate of drug-likeness (QED) is 0.857. The average Bonchev–Trinajstić information content (AvgIpc) is 2.49. The summed E-state index contributed by atoms with van der Waals surface area (Å²) in [6.07, 6.45) is 6.38. The molecule has 0 aromatic carbocycles. The molecule has 2 atom stereocenters. The van der Waals surface area contributed by atoms with Crippen LogP contribution in [-0.4, -0.2) is 43.0 Å². The third kappa shape index (κ3) is 3.71. The van der Waals surface area contributed by atoms with Crippen molar-refractivity contribution in [2.75, 3.05) is 19.4 Å². The highest BCUT2D eigenvalue weighted by Gasteiger charge is 2.38. The van der Waals surface area contributed by atoms with Crippen LogP contribution in [0.4, 0.5) is 0 Å². The van der Waals surface area contributed by atoms with Crippen molar-refractivity contribution in [3.05, 3.63) is 18.1 Å². The van der Waals surface area contributed by atoms with E-state index in [0.717, 1.165) is 25.8 Å². The summed E-state index contributed by atoms with van der Waals surface area (Å²) in [6, 6.07) is -0.362. The molecule has 0 saturated carbocycles. The lowest BCUT2D eigenvalue weighted by molar-refractivity contribution is 0.368. The molecule has 21 heavy (non-hydrogen) atoms. The number of rotatable bonds is 6. The van der Waals surface area contributed by atoms with E-state index in [2.05, 4.69) is 15.3 Å². The Hall–Kier alpha value is -1.21. The Morgan fingerprint density at radius 3 is 2.81 bits per heavy atom. The van der Waals surface area contributed by atoms with Crippen molar-refractivity contribution in [2.24, 2.45) is 0 Å². The van der Waals surface area contributed by atoms with Gasteiger partial charge in [-0.1, -0.05) is 13.3 Å². The summed E-state index contributed by atoms with van der Waals surface area (Å²) >= 11 is 0. The van der Waals surface area contributed by atoms with Crippen LogP contribution in [0.2, 0.25) is 0 Å². The average molecular weight is 313 g/mol. The van der Waals surface area contributed by atoms with E-state index >= 15 is 0 Å². The van der Waals surface area contributed by atoms with Crippen LogP contribution < -0.4 is 10.1 Å². The van der Waals surface area contributed by atoms with E-state index in [1.165, 1.54) is 7.11 Å². The molecule has 0 aliphatic carbocycles. The van der Waals surface area contributed by atoms with Gasteiger partial charge < -0.3 is 10.1 Å². The molecule has 7 heteroatoms. The molecule has 118 valence electrons. The minimum absolute atomic E-state index is 0.255. The van der Waals surface area contributed by atoms with Gasteiger partial charge in [0.15, 0.2) is 9.84 Å². The number of aromatic nitrogens is 2. The number of nitrogens with zero attached hydrogens (tertiary/aromatic N) is 2. The molecule has 6 nitrogen and oxygen atoms in total. The zero-order valence-electron chi connectivity index (χ0n) is 12.6. The summed E-state index contributed by atoms with van der Waals surface area (Å²) in [7, 11) is -1.58. The smallest absolute Gasteiger partial charge is 0.237 e. The van der Waals surface area contributed by atoms with Crippen LogP contribution >= 0.6 is 0 Å². The highest BCUT2D eigenvalue weighted by Crippen LogP contribution is 2.32. The van der Waals surface area contributed by atoms with Crippen molar-refractivity contribution in [3.8, 4) is 5.88 Å². The maximum Gasteiger partial charge on any atom is 0.237 e. The monoisotopic (exact) mass is 313 g/mol. The summed E-state index contributed by atoms with van der Waals surface area (Å²) in [5.74, 6) is 0.650. The van der Waals surface area contributed by atoms with Gasteiger partial charge in [-0.3, -0.25) is 4.98 Å². The van der Waals surface area contributed by atoms with E-state index in [4.69, 9.17) is 4.74 Å². The molecular formula is C14H23N3O3S. The maximum atomic E-state index is 12.4. The lowest BCUT2D eigenvalue weighted by Gasteiger charge is -2.30. The van der Waals surface area contributed by atoms with Crippen LogP contribution in [0.25, 0.3) is 0 Å². The predicted octanol–water partition coefficient (Wildman–Crippen LogP) is 1.49. The summed E-state index contributed by atoms with van der Waals surface area (Å²) in [5, 5.41) is 2.87. The molecule has 2 rings (SSSR count). The third-order valence-electron chi connectivity index (χ3n) is 3.79. The fourth-order valence-corrected chi connectivity index (χ4v) is 4.84. The molecule has 1 aliphatic heterocycles. The number of hydrogen-bond donors (Lipinski definition) is 1. The van der Waals surface area contributed by atoms with Gasteiger partial charge in [-0.2, -0.15) is 0 Å². The van der Waals surface area contributed by atoms with E-state index in [9.17, 15) is 8.42 Å². The first-order valence-corrected chi connectivity index (χ1v) is 9.11. The zero-order chi connectivity index (χ0) is 15.3. The Morgan fingerprint density at radius 1 is 1.38 bits per heavy atom. The van der Waals surface area contributed by atoms with E-state index in [0.29, 0.717) is 18.0 Å². The van der Waals surface area contributed by atoms with Crippen molar-refractivity contribution in [2.45, 2.75) is 43.9 Å². The molecule has 1 saturated heterocycles. The van der Waals surface area contributed by atoms with Crippen LogP contribution in [-0.2, 0) is 9.84 Å². The van der Waals surface area contributed by atoms with Gasteiger partial charge in [0, 0.05) is 12.4 Å². The van der Waals surface area contributed by atoms with E-state index < -0.39 is 15.1 Å². The zero-order valence-corrected chi connectivity index (χ0v) is 13.4. The van der Waals surface area contributed by atoms with Gasteiger partial charge >= 0.3 is 0 Å². The predicted molar refractivity (Wildman–Crippen MR) is 81.0 cm³/mol. The first-order valence-electron chi connectivity index (χ1n) is 7.40. The second-order valence-corrected chi connectivity index (χ2v) is 7.62. The van der Waals surface area contributed by atoms with Gasteiger partial charge in [0.25, 0.3) is 0 Å². The fraction of sp³-hybridized carbons (Fsp3) is 0.714. The van der Waals surface area contributed by atoms with Crippen LogP contribution in [0, 0.1) is 0 Å². The highest BCUT2D eigenvalue weighted by atomic mass is 32.2. The molecule has 1 fully saturated rings. The number of sulfone groups is 1. The summed E-state index contributed by atoms with van der Waals surface area (Å²) < 4.78 is 30.1. The minimum atomic E-state index is -3.11. The van der Waals surface area contributed by atoms with E-state index in [1.54, 1.807) is 12.4 Å². The molecule has 1 aromatic rings. The molecule has 1 aromatic heterocycles. The lowest BCUT2D eigenvalue weighted by Crippen LogP contribution is -2.41. The van der Waals surface area contributed by atoms with Crippen molar-refractivity contribution in [1.29, 1.82) is 0 Å². The normalized spacial score (nSPS) is 22.7. The van der Waals surface area contributed by atoms with Crippen LogP contribution in [0.15, 0.2) is 12.4 Å². The largest absolute Gasteiger partial charge is 0.480 e. The fourth-order valence-electron chi connectivity index (χ4n) is 2.76. The van der Waals surface area contributed by atoms with Crippen molar-refractivity contribution in [3.63, 3.8) is 0 Å². The molecular weight excluding hydrogens is 290 g/mol. The molecule has 0 bridgehead atoms. The van der Waals surface area contributed by atoms with Gasteiger partial charge in [-0.05, 0) is 25.8 Å². The van der Waals surface area contributed by atoms with Gasteiger partial charge in [-0.15, -0.1) is 0 Å². The number of nitrogens with one attached hydrogen (secondary N) is 1. The maximum absolute atomic E-state index is 12.4. The van der Waals surface area contributed by atoms with Crippen molar-refractivity contribution in [1.82, 2.24) is 15.3 Å². The number of methoxy groups -OCH3 is 1. The molecule has 0 radical (unpaired) electrons. The first-order chi connectivity index (χ1) is 10.1. The molecule has 1 N–H and O–H groups in total. The molecule has 1 aliphatic rings. The molecule has 2 unspecified atom stereocenters. The summed E-state index contributed by atoms with van der Waals surface area (Å²) in [6.45, 7) is 2.78. The standard InChI is InChI=1S/C14H23N3O3S/c1-3-7-15-12(11-6-4-5-10-21(11,18)19)13-14(20-2)17-9-8-16-13/h8-9,11-12,15H,3-7,10H2,1-2H3. The SMILES string of the molecule is CCCNC(c1nccnc1OC)C1CCCCS1(=O)=O. The van der Waals surface area contributed by atoms with Gasteiger partial charge in [0.05, 0.1) is 24.2 Å². The Bertz CT molecular complexity index is 562. The Balaban J connectivity index is 2.37. The second kappa shape index (κ2) is 7.17. The first kappa shape index (κ1) is 16.2. The van der Waals surface area contributed by atoms with E-state index in [1.807, 2.05) is 6.92 Å². The van der Waals surface area contributed by atoms with Gasteiger partial charge in [0.1, 0.15) is 5.69 Å². The second-order valence-electron chi connectivity index (χ2n) is 5.28. The summed E-state index contributed by atoms with van der Waals surface area (Å²) in [5.41, 5.74) is 0.587. The molecule has 0 spiro atoms. The Kier molecular flexibility index (Phi) is 5.52. The Labute approximate surface area is 126 Å². The summed E-state index contributed by atoms with van der Waals surface area (Å²) in [4.78, 5) is 8.48. The van der Waals surface area contributed by atoms with Gasteiger partial charge in [0.2, 0.25) is 5.88 Å². The Morgan fingerprint density at radius 2 is 2.14 bits per heavy atom. The molecule has 0 amide bonds. The minimum Gasteiger partial charge on any atom is -0.480 e. The lowest BCUT2D eigenvalue weighted by atomic mass is 10.0. The van der Waals surface area contributed by atoms with E-state index in [-0.39, 0.29) is 11.8 Å². The van der Waals surface area contributed by atoms with Crippen molar-refractivity contribution < 1.29 is 13.2 Å². The number of ether oxygens (including phenoxy) is 1. The molecule has 2 heterocycles. The highest BCUT2D eigenvalue weighted by molar-refractivity contribution is 7.92. The van der Waals surface area contributed by atoms with Crippen LogP contribution in [0.3, 0.4) is 0 Å². The van der Waals surface area contributed by atoms with Crippen molar-refractivity contribution >= 4 is 9.84 Å². The number of hydrogen-bond acceptors (Lipinski definition) is 6. The van der Waals surface area contributed by atoms with Crippen LogP contribution in [0.5, 0.6) is 5.88 Å².